The van der Waals surface area contributed by atoms with Crippen LogP contribution in [0.3, 0.4) is 0 Å². The predicted octanol–water partition coefficient (Wildman–Crippen LogP) is 2.25. The first-order chi connectivity index (χ1) is 13.5. The summed E-state index contributed by atoms with van der Waals surface area (Å²) in [6.07, 6.45) is 0.193. The number of anilines is 2. The Morgan fingerprint density at radius 2 is 2.21 bits per heavy atom. The Labute approximate surface area is 165 Å². The van der Waals surface area contributed by atoms with Crippen LogP contribution in [0.1, 0.15) is 31.0 Å². The SMILES string of the molecule is C[C@@H](OC(=O)Cc1csc(N2CCCC2=O)n1)C(=O)Nc1ccccc1C#N. The van der Waals surface area contributed by atoms with E-state index in [4.69, 9.17) is 10.00 Å². The van der Waals surface area contributed by atoms with Crippen LogP contribution in [0.15, 0.2) is 29.6 Å². The lowest BCUT2D eigenvalue weighted by molar-refractivity contribution is -0.152. The summed E-state index contributed by atoms with van der Waals surface area (Å²) in [7, 11) is 0. The van der Waals surface area contributed by atoms with Gasteiger partial charge in [0.15, 0.2) is 11.2 Å². The maximum Gasteiger partial charge on any atom is 0.312 e. The standard InChI is InChI=1S/C19H18N4O4S/c1-12(18(26)22-15-6-3-2-5-13(15)10-20)27-17(25)9-14-11-28-19(21-14)23-8-4-7-16(23)24/h2-3,5-6,11-12H,4,7-9H2,1H3,(H,22,26)/t12-/m1/s1. The lowest BCUT2D eigenvalue weighted by atomic mass is 10.2. The third-order valence-electron chi connectivity index (χ3n) is 4.15. The molecule has 1 atom stereocenters. The lowest BCUT2D eigenvalue weighted by Gasteiger charge is -2.14. The Morgan fingerprint density at radius 3 is 2.93 bits per heavy atom. The van der Waals surface area contributed by atoms with Crippen molar-refractivity contribution in [3.63, 3.8) is 0 Å². The highest BCUT2D eigenvalue weighted by Gasteiger charge is 2.25. The fraction of sp³-hybridized carbons (Fsp3) is 0.316. The molecule has 0 spiro atoms. The number of benzene rings is 1. The normalized spacial score (nSPS) is 14.4. The molecule has 1 aromatic carbocycles. The largest absolute Gasteiger partial charge is 0.452 e. The van der Waals surface area contributed by atoms with E-state index in [1.165, 1.54) is 18.3 Å². The van der Waals surface area contributed by atoms with Crippen LogP contribution in [0.25, 0.3) is 0 Å². The van der Waals surface area contributed by atoms with Crippen molar-refractivity contribution in [1.82, 2.24) is 4.98 Å². The van der Waals surface area contributed by atoms with Crippen LogP contribution in [0.2, 0.25) is 0 Å². The first-order valence-electron chi connectivity index (χ1n) is 8.72. The number of hydrogen-bond donors (Lipinski definition) is 1. The summed E-state index contributed by atoms with van der Waals surface area (Å²) in [6.45, 7) is 2.09. The molecule has 2 amide bonds. The average Bonchev–Trinajstić information content (AvgIpc) is 3.30. The number of rotatable bonds is 6. The van der Waals surface area contributed by atoms with E-state index < -0.39 is 18.0 Å². The number of thiazole rings is 1. The van der Waals surface area contributed by atoms with E-state index >= 15 is 0 Å². The third-order valence-corrected chi connectivity index (χ3v) is 5.06. The van der Waals surface area contributed by atoms with Gasteiger partial charge in [0.1, 0.15) is 6.07 Å². The van der Waals surface area contributed by atoms with E-state index in [1.54, 1.807) is 34.5 Å². The number of ether oxygens (including phenoxy) is 1. The molecule has 0 bridgehead atoms. The first kappa shape index (κ1) is 19.5. The molecule has 1 aliphatic rings. The van der Waals surface area contributed by atoms with Crippen molar-refractivity contribution in [3.8, 4) is 6.07 Å². The molecule has 3 rings (SSSR count). The van der Waals surface area contributed by atoms with Crippen LogP contribution >= 0.6 is 11.3 Å². The summed E-state index contributed by atoms with van der Waals surface area (Å²) in [5, 5.41) is 13.9. The van der Waals surface area contributed by atoms with E-state index in [9.17, 15) is 14.4 Å². The number of carbonyl (C=O) groups excluding carboxylic acids is 3. The Balaban J connectivity index is 1.54. The Kier molecular flexibility index (Phi) is 6.01. The highest BCUT2D eigenvalue weighted by atomic mass is 32.1. The van der Waals surface area contributed by atoms with E-state index in [2.05, 4.69) is 10.3 Å². The van der Waals surface area contributed by atoms with Crippen LogP contribution in [0, 0.1) is 11.3 Å². The number of nitrogens with zero attached hydrogens (tertiary/aromatic N) is 3. The van der Waals surface area contributed by atoms with E-state index in [0.29, 0.717) is 35.0 Å². The molecule has 9 heteroatoms. The molecular formula is C19H18N4O4S. The number of amides is 2. The van der Waals surface area contributed by atoms with Gasteiger partial charge in [-0.2, -0.15) is 5.26 Å². The minimum absolute atomic E-state index is 0.0337. The minimum Gasteiger partial charge on any atom is -0.452 e. The molecule has 1 saturated heterocycles. The van der Waals surface area contributed by atoms with Crippen molar-refractivity contribution in [2.75, 3.05) is 16.8 Å². The van der Waals surface area contributed by atoms with Gasteiger partial charge >= 0.3 is 5.97 Å². The highest BCUT2D eigenvalue weighted by molar-refractivity contribution is 7.14. The van der Waals surface area contributed by atoms with Crippen LogP contribution in [0.4, 0.5) is 10.8 Å². The van der Waals surface area contributed by atoms with Crippen molar-refractivity contribution >= 4 is 39.9 Å². The van der Waals surface area contributed by atoms with Crippen LogP contribution < -0.4 is 10.2 Å². The number of nitrogens with one attached hydrogen (secondary N) is 1. The summed E-state index contributed by atoms with van der Waals surface area (Å²) in [4.78, 5) is 42.0. The summed E-state index contributed by atoms with van der Waals surface area (Å²) in [5.41, 5.74) is 1.17. The van der Waals surface area contributed by atoms with Crippen molar-refractivity contribution in [3.05, 3.63) is 40.9 Å². The van der Waals surface area contributed by atoms with Crippen molar-refractivity contribution in [2.24, 2.45) is 0 Å². The zero-order chi connectivity index (χ0) is 20.1. The molecule has 0 unspecified atom stereocenters. The van der Waals surface area contributed by atoms with Gasteiger partial charge in [-0.25, -0.2) is 4.98 Å². The molecule has 144 valence electrons. The van der Waals surface area contributed by atoms with Crippen molar-refractivity contribution in [2.45, 2.75) is 32.3 Å². The molecule has 0 saturated carbocycles. The van der Waals surface area contributed by atoms with Gasteiger partial charge < -0.3 is 10.1 Å². The van der Waals surface area contributed by atoms with E-state index in [1.807, 2.05) is 6.07 Å². The highest BCUT2D eigenvalue weighted by Crippen LogP contribution is 2.25. The smallest absolute Gasteiger partial charge is 0.312 e. The van der Waals surface area contributed by atoms with Gasteiger partial charge in [-0.1, -0.05) is 12.1 Å². The number of carbonyl (C=O) groups is 3. The zero-order valence-corrected chi connectivity index (χ0v) is 16.0. The molecule has 2 heterocycles. The predicted molar refractivity (Wildman–Crippen MR) is 103 cm³/mol. The monoisotopic (exact) mass is 398 g/mol. The summed E-state index contributed by atoms with van der Waals surface area (Å²) in [6, 6.07) is 8.55. The molecule has 8 nitrogen and oxygen atoms in total. The van der Waals surface area contributed by atoms with Gasteiger partial charge in [0.25, 0.3) is 5.91 Å². The molecule has 1 fully saturated rings. The first-order valence-corrected chi connectivity index (χ1v) is 9.60. The molecular weight excluding hydrogens is 380 g/mol. The lowest BCUT2D eigenvalue weighted by Crippen LogP contribution is -2.30. The maximum absolute atomic E-state index is 12.2. The number of esters is 1. The van der Waals surface area contributed by atoms with Gasteiger partial charge in [-0.15, -0.1) is 11.3 Å². The minimum atomic E-state index is -1.03. The molecule has 1 aliphatic heterocycles. The molecule has 0 radical (unpaired) electrons. The number of nitriles is 1. The topological polar surface area (TPSA) is 112 Å². The van der Waals surface area contributed by atoms with Gasteiger partial charge in [-0.3, -0.25) is 19.3 Å². The second kappa shape index (κ2) is 8.63. The maximum atomic E-state index is 12.2. The molecule has 2 aromatic rings. The van der Waals surface area contributed by atoms with Crippen LogP contribution in [-0.4, -0.2) is 35.4 Å². The van der Waals surface area contributed by atoms with E-state index in [-0.39, 0.29) is 12.3 Å². The quantitative estimate of drug-likeness (QED) is 0.747. The fourth-order valence-electron chi connectivity index (χ4n) is 2.72. The average molecular weight is 398 g/mol. The molecule has 28 heavy (non-hydrogen) atoms. The van der Waals surface area contributed by atoms with Crippen molar-refractivity contribution in [1.29, 1.82) is 5.26 Å². The molecule has 1 N–H and O–H groups in total. The Morgan fingerprint density at radius 1 is 1.43 bits per heavy atom. The number of hydrogen-bond acceptors (Lipinski definition) is 7. The van der Waals surface area contributed by atoms with Gasteiger partial charge in [0, 0.05) is 18.3 Å². The number of para-hydroxylation sites is 1. The second-order valence-electron chi connectivity index (χ2n) is 6.23. The van der Waals surface area contributed by atoms with Gasteiger partial charge in [-0.05, 0) is 25.5 Å². The van der Waals surface area contributed by atoms with Crippen LogP contribution in [-0.2, 0) is 25.5 Å². The summed E-state index contributed by atoms with van der Waals surface area (Å²) < 4.78 is 5.17. The second-order valence-corrected chi connectivity index (χ2v) is 7.06. The number of aromatic nitrogens is 1. The van der Waals surface area contributed by atoms with E-state index in [0.717, 1.165) is 6.42 Å². The third kappa shape index (κ3) is 4.53. The molecule has 1 aromatic heterocycles. The fourth-order valence-corrected chi connectivity index (χ4v) is 3.58. The molecule has 0 aliphatic carbocycles. The Bertz CT molecular complexity index is 949. The summed E-state index contributed by atoms with van der Waals surface area (Å²) >= 11 is 1.30. The Hall–Kier alpha value is -3.25. The summed E-state index contributed by atoms with van der Waals surface area (Å²) in [5.74, 6) is -1.09. The van der Waals surface area contributed by atoms with Gasteiger partial charge in [0.05, 0.1) is 23.4 Å². The van der Waals surface area contributed by atoms with Crippen LogP contribution in [0.5, 0.6) is 0 Å². The van der Waals surface area contributed by atoms with Gasteiger partial charge in [0.2, 0.25) is 5.91 Å². The van der Waals surface area contributed by atoms with Crippen molar-refractivity contribution < 1.29 is 19.1 Å². The zero-order valence-electron chi connectivity index (χ0n) is 15.2.